The predicted molar refractivity (Wildman–Crippen MR) is 94.1 cm³/mol. The van der Waals surface area contributed by atoms with E-state index in [4.69, 9.17) is 0 Å². The summed E-state index contributed by atoms with van der Waals surface area (Å²) in [6, 6.07) is 13.2. The van der Waals surface area contributed by atoms with Gasteiger partial charge in [0.1, 0.15) is 5.82 Å². The van der Waals surface area contributed by atoms with E-state index in [1.807, 2.05) is 6.92 Å². The van der Waals surface area contributed by atoms with E-state index in [0.717, 1.165) is 12.0 Å². The van der Waals surface area contributed by atoms with Gasteiger partial charge in [-0.05, 0) is 49.2 Å². The van der Waals surface area contributed by atoms with Crippen LogP contribution in [0.2, 0.25) is 0 Å². The first-order valence-corrected chi connectivity index (χ1v) is 8.41. The Hall–Kier alpha value is -2.69. The van der Waals surface area contributed by atoms with Gasteiger partial charge in [0.25, 0.3) is 11.8 Å². The number of hydrogen-bond acceptors (Lipinski definition) is 2. The Morgan fingerprint density at radius 3 is 2.52 bits per heavy atom. The zero-order chi connectivity index (χ0) is 18.0. The van der Waals surface area contributed by atoms with Crippen molar-refractivity contribution in [3.8, 4) is 0 Å². The van der Waals surface area contributed by atoms with E-state index in [-0.39, 0.29) is 29.6 Å². The number of halogens is 1. The van der Waals surface area contributed by atoms with Crippen LogP contribution in [0.3, 0.4) is 0 Å². The minimum absolute atomic E-state index is 0.0515. The van der Waals surface area contributed by atoms with E-state index >= 15 is 0 Å². The molecule has 5 heteroatoms. The summed E-state index contributed by atoms with van der Waals surface area (Å²) in [6.45, 7) is 2.51. The molecule has 0 unspecified atom stereocenters. The first-order chi connectivity index (χ1) is 12.0. The van der Waals surface area contributed by atoms with Crippen LogP contribution >= 0.6 is 0 Å². The number of carbonyl (C=O) groups excluding carboxylic acids is 2. The van der Waals surface area contributed by atoms with Crippen LogP contribution in [0.1, 0.15) is 45.5 Å². The van der Waals surface area contributed by atoms with Gasteiger partial charge in [-0.1, -0.05) is 18.2 Å². The Balaban J connectivity index is 1.64. The van der Waals surface area contributed by atoms with Crippen molar-refractivity contribution >= 4 is 11.8 Å². The Morgan fingerprint density at radius 1 is 1.16 bits per heavy atom. The monoisotopic (exact) mass is 340 g/mol. The summed E-state index contributed by atoms with van der Waals surface area (Å²) in [5, 5.41) is 2.99. The van der Waals surface area contributed by atoms with Crippen molar-refractivity contribution < 1.29 is 14.0 Å². The summed E-state index contributed by atoms with van der Waals surface area (Å²) >= 11 is 0. The standard InChI is InChI=1S/C20H21FN2O2/c1-3-23(2)20(25)15-6-4-5-14(11-15)19(24)22-18-12-17(18)13-7-9-16(21)10-8-13/h4-11,17-18H,3,12H2,1-2H3,(H,22,24)/t17-,18+/m0/s1. The molecule has 0 aromatic heterocycles. The van der Waals surface area contributed by atoms with Gasteiger partial charge in [-0.25, -0.2) is 4.39 Å². The van der Waals surface area contributed by atoms with Crippen LogP contribution in [0, 0.1) is 5.82 Å². The summed E-state index contributed by atoms with van der Waals surface area (Å²) in [6.07, 6.45) is 0.842. The topological polar surface area (TPSA) is 49.4 Å². The molecule has 0 radical (unpaired) electrons. The molecule has 1 N–H and O–H groups in total. The Labute approximate surface area is 146 Å². The molecular formula is C20H21FN2O2. The van der Waals surface area contributed by atoms with Gasteiger partial charge in [-0.2, -0.15) is 0 Å². The fourth-order valence-corrected chi connectivity index (χ4v) is 2.84. The molecule has 2 amide bonds. The summed E-state index contributed by atoms with van der Waals surface area (Å²) in [5.74, 6) is -0.333. The van der Waals surface area contributed by atoms with Crippen molar-refractivity contribution in [1.82, 2.24) is 10.2 Å². The van der Waals surface area contributed by atoms with Gasteiger partial charge in [0.2, 0.25) is 0 Å². The highest BCUT2D eigenvalue weighted by molar-refractivity contribution is 5.99. The lowest BCUT2D eigenvalue weighted by Crippen LogP contribution is -2.28. The molecule has 0 heterocycles. The van der Waals surface area contributed by atoms with E-state index in [1.54, 1.807) is 48.3 Å². The van der Waals surface area contributed by atoms with Crippen LogP contribution in [-0.4, -0.2) is 36.3 Å². The second-order valence-corrected chi connectivity index (χ2v) is 6.37. The number of benzene rings is 2. The molecule has 2 aromatic carbocycles. The Morgan fingerprint density at radius 2 is 1.84 bits per heavy atom. The number of amides is 2. The van der Waals surface area contributed by atoms with Crippen molar-refractivity contribution in [3.05, 3.63) is 71.0 Å². The van der Waals surface area contributed by atoms with Crippen LogP contribution in [-0.2, 0) is 0 Å². The molecule has 25 heavy (non-hydrogen) atoms. The van der Waals surface area contributed by atoms with Crippen molar-refractivity contribution in [3.63, 3.8) is 0 Å². The van der Waals surface area contributed by atoms with Crippen LogP contribution in [0.15, 0.2) is 48.5 Å². The molecule has 1 fully saturated rings. The van der Waals surface area contributed by atoms with Crippen molar-refractivity contribution in [2.45, 2.75) is 25.3 Å². The molecular weight excluding hydrogens is 319 g/mol. The lowest BCUT2D eigenvalue weighted by molar-refractivity contribution is 0.0802. The number of nitrogens with zero attached hydrogens (tertiary/aromatic N) is 1. The minimum atomic E-state index is -0.261. The zero-order valence-electron chi connectivity index (χ0n) is 14.3. The maximum atomic E-state index is 13.0. The van der Waals surface area contributed by atoms with E-state index in [1.165, 1.54) is 12.1 Å². The molecule has 2 aromatic rings. The maximum Gasteiger partial charge on any atom is 0.253 e. The molecule has 1 aliphatic rings. The fourth-order valence-electron chi connectivity index (χ4n) is 2.84. The van der Waals surface area contributed by atoms with Crippen LogP contribution in [0.5, 0.6) is 0 Å². The highest BCUT2D eigenvalue weighted by atomic mass is 19.1. The van der Waals surface area contributed by atoms with E-state index < -0.39 is 0 Å². The third-order valence-corrected chi connectivity index (χ3v) is 4.60. The van der Waals surface area contributed by atoms with Crippen LogP contribution < -0.4 is 5.32 Å². The second kappa shape index (κ2) is 7.05. The normalized spacial score (nSPS) is 18.5. The zero-order valence-corrected chi connectivity index (χ0v) is 14.3. The number of nitrogens with one attached hydrogen (secondary N) is 1. The van der Waals surface area contributed by atoms with Crippen molar-refractivity contribution in [1.29, 1.82) is 0 Å². The van der Waals surface area contributed by atoms with E-state index in [2.05, 4.69) is 5.32 Å². The van der Waals surface area contributed by atoms with Gasteiger partial charge in [0.05, 0.1) is 0 Å². The SMILES string of the molecule is CCN(C)C(=O)c1cccc(C(=O)N[C@@H]2C[C@H]2c2ccc(F)cc2)c1. The highest BCUT2D eigenvalue weighted by Crippen LogP contribution is 2.40. The smallest absolute Gasteiger partial charge is 0.253 e. The molecule has 1 aliphatic carbocycles. The average Bonchev–Trinajstić information content (AvgIpc) is 3.40. The molecule has 2 atom stereocenters. The second-order valence-electron chi connectivity index (χ2n) is 6.37. The molecule has 130 valence electrons. The van der Waals surface area contributed by atoms with Gasteiger partial charge in [0.15, 0.2) is 0 Å². The van der Waals surface area contributed by atoms with E-state index in [9.17, 15) is 14.0 Å². The number of rotatable bonds is 5. The third-order valence-electron chi connectivity index (χ3n) is 4.60. The molecule has 1 saturated carbocycles. The van der Waals surface area contributed by atoms with Crippen molar-refractivity contribution in [2.75, 3.05) is 13.6 Å². The lowest BCUT2D eigenvalue weighted by Gasteiger charge is -2.15. The van der Waals surface area contributed by atoms with Gasteiger partial charge in [0, 0.05) is 36.7 Å². The van der Waals surface area contributed by atoms with Gasteiger partial charge in [-0.3, -0.25) is 9.59 Å². The summed E-state index contributed by atoms with van der Waals surface area (Å²) < 4.78 is 13.0. The van der Waals surface area contributed by atoms with Crippen LogP contribution in [0.4, 0.5) is 4.39 Å². The largest absolute Gasteiger partial charge is 0.349 e. The lowest BCUT2D eigenvalue weighted by atomic mass is 10.1. The predicted octanol–water partition coefficient (Wildman–Crippen LogP) is 3.20. The first kappa shape index (κ1) is 17.1. The summed E-state index contributed by atoms with van der Waals surface area (Å²) in [4.78, 5) is 26.3. The molecule has 4 nitrogen and oxygen atoms in total. The molecule has 0 aliphatic heterocycles. The fraction of sp³-hybridized carbons (Fsp3) is 0.300. The average molecular weight is 340 g/mol. The summed E-state index contributed by atoms with van der Waals surface area (Å²) in [7, 11) is 1.73. The number of hydrogen-bond donors (Lipinski definition) is 1. The van der Waals surface area contributed by atoms with Crippen LogP contribution in [0.25, 0.3) is 0 Å². The first-order valence-electron chi connectivity index (χ1n) is 8.41. The molecule has 0 bridgehead atoms. The Kier molecular flexibility index (Phi) is 4.83. The van der Waals surface area contributed by atoms with Crippen molar-refractivity contribution in [2.24, 2.45) is 0 Å². The van der Waals surface area contributed by atoms with Gasteiger partial charge >= 0.3 is 0 Å². The quantitative estimate of drug-likeness (QED) is 0.909. The summed E-state index contributed by atoms with van der Waals surface area (Å²) in [5.41, 5.74) is 2.00. The van der Waals surface area contributed by atoms with E-state index in [0.29, 0.717) is 17.7 Å². The Bertz CT molecular complexity index is 789. The number of carbonyl (C=O) groups is 2. The van der Waals surface area contributed by atoms with Gasteiger partial charge in [-0.15, -0.1) is 0 Å². The minimum Gasteiger partial charge on any atom is -0.349 e. The highest BCUT2D eigenvalue weighted by Gasteiger charge is 2.39. The molecule has 0 spiro atoms. The maximum absolute atomic E-state index is 13.0. The molecule has 0 saturated heterocycles. The van der Waals surface area contributed by atoms with Gasteiger partial charge < -0.3 is 10.2 Å². The third kappa shape index (κ3) is 3.87. The molecule has 3 rings (SSSR count).